The van der Waals surface area contributed by atoms with Crippen LogP contribution in [-0.2, 0) is 56.9 Å². The van der Waals surface area contributed by atoms with Gasteiger partial charge in [-0.3, -0.25) is 4.79 Å². The molecule has 420 valence electrons. The van der Waals surface area contributed by atoms with Gasteiger partial charge >= 0.3 is 11.9 Å². The fourth-order valence-corrected chi connectivity index (χ4v) is 15.6. The van der Waals surface area contributed by atoms with Gasteiger partial charge in [0.1, 0.15) is 31.0 Å². The third kappa shape index (κ3) is 10.6. The molecule has 10 heterocycles. The zero-order valence-corrected chi connectivity index (χ0v) is 45.8. The number of aliphatic hydroxyl groups excluding tert-OH is 1. The minimum absolute atomic E-state index is 0.0550. The Labute approximate surface area is 458 Å². The van der Waals surface area contributed by atoms with E-state index in [1.165, 1.54) is 0 Å². The molecule has 8 saturated heterocycles. The van der Waals surface area contributed by atoms with E-state index in [0.29, 0.717) is 50.0 Å². The minimum atomic E-state index is -0.742. The van der Waals surface area contributed by atoms with Crippen LogP contribution in [0.1, 0.15) is 134 Å². The fraction of sp³-hybridized carbons (Fsp3) is 0.656. The largest absolute Gasteiger partial charge is 0.459 e. The number of hydrogen-bond acceptors (Lipinski definition) is 14. The molecule has 10 aliphatic rings. The van der Waals surface area contributed by atoms with E-state index in [1.807, 2.05) is 36.4 Å². The number of benzene rings is 3. The van der Waals surface area contributed by atoms with E-state index in [9.17, 15) is 14.7 Å². The first-order valence-electron chi connectivity index (χ1n) is 29.6. The van der Waals surface area contributed by atoms with Crippen LogP contribution < -0.4 is 0 Å². The molecule has 10 aliphatic heterocycles. The number of aliphatic hydroxyl groups is 1. The summed E-state index contributed by atoms with van der Waals surface area (Å²) < 4.78 is 74.9. The molecule has 0 aromatic heterocycles. The van der Waals surface area contributed by atoms with Gasteiger partial charge in [-0.15, -0.1) is 0 Å². The van der Waals surface area contributed by atoms with Gasteiger partial charge in [-0.25, -0.2) is 4.79 Å². The van der Waals surface area contributed by atoms with E-state index in [1.54, 1.807) is 6.07 Å². The molecule has 3 aromatic carbocycles. The summed E-state index contributed by atoms with van der Waals surface area (Å²) in [6.45, 7) is 13.2. The highest BCUT2D eigenvalue weighted by atomic mass is 16.6. The number of rotatable bonds is 5. The number of fused-ring (bicyclic) bond motifs is 11. The predicted molar refractivity (Wildman–Crippen MR) is 290 cm³/mol. The van der Waals surface area contributed by atoms with Crippen LogP contribution in [0.25, 0.3) is 21.5 Å². The molecule has 0 aliphatic carbocycles. The molecule has 14 nitrogen and oxygen atoms in total. The SMILES string of the molecule is C=C(COC(=O)c1cccc2cc3ccccc3cc12)C[C@@H]1C[C@H](O)[C@@H]2O[C@@H]3C[C@]4(C)O[C@@H]5/C=C\C[C@@H]6O[C@H]7C(C/C=C\CC6OC5CCCC4OC3CC2O1)OC1CC2OC3CC(=O)O[C@H]3C[C@@H](C)C[C@@]2(C)O[C@H]1C[C@@H]7C. The number of carbonyl (C=O) groups is 2. The van der Waals surface area contributed by atoms with E-state index in [2.05, 4.69) is 70.7 Å². The zero-order valence-electron chi connectivity index (χ0n) is 45.8. The maximum Gasteiger partial charge on any atom is 0.339 e. The monoisotopic (exact) mass is 1070 g/mol. The quantitative estimate of drug-likeness (QED) is 0.146. The second kappa shape index (κ2) is 21.7. The normalized spacial score (nSPS) is 45.2. The number of esters is 2. The average molecular weight is 1070 g/mol. The molecule has 3 aromatic rings. The van der Waals surface area contributed by atoms with Crippen molar-refractivity contribution in [1.82, 2.24) is 0 Å². The van der Waals surface area contributed by atoms with Crippen molar-refractivity contribution in [3.05, 3.63) is 96.6 Å². The maximum absolute atomic E-state index is 13.5. The van der Waals surface area contributed by atoms with Gasteiger partial charge < -0.3 is 57.2 Å². The highest BCUT2D eigenvalue weighted by Crippen LogP contribution is 2.49. The second-order valence-electron chi connectivity index (χ2n) is 25.5. The molecule has 13 rings (SSSR count). The van der Waals surface area contributed by atoms with Crippen molar-refractivity contribution in [1.29, 1.82) is 0 Å². The molecule has 1 N–H and O–H groups in total. The first kappa shape index (κ1) is 53.3. The Kier molecular flexibility index (Phi) is 14.8. The van der Waals surface area contributed by atoms with Gasteiger partial charge in [-0.1, -0.05) is 81.1 Å². The highest BCUT2D eigenvalue weighted by molar-refractivity contribution is 6.09. The Balaban J connectivity index is 0.630. The molecule has 0 bridgehead atoms. The topological polar surface area (TPSA) is 156 Å². The standard InChI is InChI=1S/C64H80O14/c1-35-24-50-53(31-59(66)74-50)73-58-30-52-54(78-63(58,4)32-35)25-37(3)60-49(71-52)18-9-8-17-45-46(75-60)19-11-21-48-47(70-45)20-12-22-57-64(5,77-48)33-56-51(72-57)29-55-61(76-56)44(65)28-41(69-55)23-36(2)34-68-62(67)42-16-10-15-40-26-38-13-6-7-14-39(38)27-43(40)42/h6-11,13-16,21,26-27,35,37,41,44-58,60-61,65H,2,12,17-20,22-25,28-34H2,1,3-5H3/b9-8-,21-11-/t35-,37+,41-,44+,45?,46+,47?,48-,49?,50+,51?,52?,53?,54+,55?,56-,57?,58?,60-,61+,63-,64+/m1/s1. The maximum atomic E-state index is 13.5. The molecule has 0 amide bonds. The zero-order chi connectivity index (χ0) is 53.5. The van der Waals surface area contributed by atoms with E-state index in [4.69, 9.17) is 52.1 Å². The molecular formula is C64H80O14. The molecule has 0 saturated carbocycles. The van der Waals surface area contributed by atoms with Crippen LogP contribution in [0, 0.1) is 11.8 Å². The Morgan fingerprint density at radius 3 is 2.24 bits per heavy atom. The number of hydrogen-bond donors (Lipinski definition) is 1. The third-order valence-electron chi connectivity index (χ3n) is 19.4. The summed E-state index contributed by atoms with van der Waals surface area (Å²) in [6.07, 6.45) is 14.4. The van der Waals surface area contributed by atoms with Crippen LogP contribution in [0.15, 0.2) is 91.1 Å². The molecule has 14 heteroatoms. The Morgan fingerprint density at radius 1 is 0.654 bits per heavy atom. The summed E-state index contributed by atoms with van der Waals surface area (Å²) >= 11 is 0. The van der Waals surface area contributed by atoms with Crippen molar-refractivity contribution in [2.24, 2.45) is 11.8 Å². The molecular weight excluding hydrogens is 993 g/mol. The van der Waals surface area contributed by atoms with Gasteiger partial charge in [0.05, 0.1) is 109 Å². The summed E-state index contributed by atoms with van der Waals surface area (Å²) in [6, 6.07) is 18.0. The Bertz CT molecular complexity index is 2780. The summed E-state index contributed by atoms with van der Waals surface area (Å²) in [4.78, 5) is 25.9. The van der Waals surface area contributed by atoms with Crippen LogP contribution in [0.4, 0.5) is 0 Å². The molecule has 8 fully saturated rings. The Hall–Kier alpha value is -4.06. The summed E-state index contributed by atoms with van der Waals surface area (Å²) in [5.74, 6) is -0.0878. The Morgan fingerprint density at radius 2 is 1.38 bits per heavy atom. The van der Waals surface area contributed by atoms with Crippen molar-refractivity contribution in [2.45, 2.75) is 245 Å². The lowest BCUT2D eigenvalue weighted by Crippen LogP contribution is -2.65. The van der Waals surface area contributed by atoms with Gasteiger partial charge in [0, 0.05) is 25.7 Å². The molecule has 0 radical (unpaired) electrons. The second-order valence-corrected chi connectivity index (χ2v) is 25.5. The predicted octanol–water partition coefficient (Wildman–Crippen LogP) is 9.92. The minimum Gasteiger partial charge on any atom is -0.459 e. The van der Waals surface area contributed by atoms with Crippen molar-refractivity contribution < 1.29 is 66.8 Å². The summed E-state index contributed by atoms with van der Waals surface area (Å²) in [5.41, 5.74) is 0.0871. The third-order valence-corrected chi connectivity index (χ3v) is 19.4. The fourth-order valence-electron chi connectivity index (χ4n) is 15.6. The number of carbonyl (C=O) groups excluding carboxylic acids is 2. The van der Waals surface area contributed by atoms with Crippen LogP contribution in [0.2, 0.25) is 0 Å². The highest BCUT2D eigenvalue weighted by Gasteiger charge is 2.57. The van der Waals surface area contributed by atoms with E-state index < -0.39 is 29.4 Å². The molecule has 78 heavy (non-hydrogen) atoms. The van der Waals surface area contributed by atoms with Crippen LogP contribution in [0.5, 0.6) is 0 Å². The van der Waals surface area contributed by atoms with E-state index in [0.717, 1.165) is 78.5 Å². The van der Waals surface area contributed by atoms with Crippen molar-refractivity contribution >= 4 is 33.5 Å². The molecule has 9 unspecified atom stereocenters. The van der Waals surface area contributed by atoms with Gasteiger partial charge in [0.25, 0.3) is 0 Å². The van der Waals surface area contributed by atoms with Gasteiger partial charge in [0.15, 0.2) is 0 Å². The van der Waals surface area contributed by atoms with Crippen molar-refractivity contribution in [2.75, 3.05) is 6.61 Å². The van der Waals surface area contributed by atoms with Crippen LogP contribution in [-0.4, -0.2) is 145 Å². The summed E-state index contributed by atoms with van der Waals surface area (Å²) in [7, 11) is 0. The number of ether oxygens (including phenoxy) is 11. The average Bonchev–Trinajstić information content (AvgIpc) is 3.91. The smallest absolute Gasteiger partial charge is 0.339 e. The van der Waals surface area contributed by atoms with Gasteiger partial charge in [0.2, 0.25) is 0 Å². The van der Waals surface area contributed by atoms with E-state index in [-0.39, 0.29) is 123 Å². The van der Waals surface area contributed by atoms with Crippen molar-refractivity contribution in [3.63, 3.8) is 0 Å². The molecule has 0 spiro atoms. The first-order valence-corrected chi connectivity index (χ1v) is 29.6. The lowest BCUT2D eigenvalue weighted by atomic mass is 9.78. The molecule has 22 atom stereocenters. The van der Waals surface area contributed by atoms with Crippen LogP contribution in [0.3, 0.4) is 0 Å². The lowest BCUT2D eigenvalue weighted by Gasteiger charge is -2.55. The summed E-state index contributed by atoms with van der Waals surface area (Å²) in [5, 5.41) is 15.7. The van der Waals surface area contributed by atoms with Gasteiger partial charge in [-0.2, -0.15) is 0 Å². The van der Waals surface area contributed by atoms with Gasteiger partial charge in [-0.05, 0) is 135 Å². The van der Waals surface area contributed by atoms with E-state index >= 15 is 0 Å². The van der Waals surface area contributed by atoms with Crippen molar-refractivity contribution in [3.8, 4) is 0 Å². The first-order chi connectivity index (χ1) is 37.7. The van der Waals surface area contributed by atoms with Crippen LogP contribution >= 0.6 is 0 Å². The lowest BCUT2D eigenvalue weighted by molar-refractivity contribution is -0.316.